The summed E-state index contributed by atoms with van der Waals surface area (Å²) in [7, 11) is 0. The largest absolute Gasteiger partial charge is 0.135 e. The summed E-state index contributed by atoms with van der Waals surface area (Å²) >= 11 is 1.90. The van der Waals surface area contributed by atoms with Crippen LogP contribution in [0.1, 0.15) is 25.0 Å². The lowest BCUT2D eigenvalue weighted by Crippen LogP contribution is -2.14. The van der Waals surface area contributed by atoms with Crippen LogP contribution in [0.3, 0.4) is 0 Å². The lowest BCUT2D eigenvalue weighted by Gasteiger charge is -2.22. The van der Waals surface area contributed by atoms with Gasteiger partial charge in [0.25, 0.3) is 0 Å². The highest BCUT2D eigenvalue weighted by Gasteiger charge is 2.36. The number of thiophene rings is 1. The average Bonchev–Trinajstić information content (AvgIpc) is 3.78. The number of fused-ring (bicyclic) bond motifs is 12. The Labute approximate surface area is 352 Å². The van der Waals surface area contributed by atoms with Gasteiger partial charge in [0.1, 0.15) is 0 Å². The zero-order chi connectivity index (χ0) is 39.7. The van der Waals surface area contributed by atoms with Gasteiger partial charge in [0.05, 0.1) is 0 Å². The van der Waals surface area contributed by atoms with Crippen molar-refractivity contribution in [3.05, 3.63) is 205 Å². The first-order valence-corrected chi connectivity index (χ1v) is 21.8. The van der Waals surface area contributed by atoms with Crippen molar-refractivity contribution in [2.24, 2.45) is 0 Å². The van der Waals surface area contributed by atoms with Gasteiger partial charge in [0, 0.05) is 25.6 Å². The first-order chi connectivity index (χ1) is 29.5. The Balaban J connectivity index is 1.01. The van der Waals surface area contributed by atoms with Crippen molar-refractivity contribution < 1.29 is 0 Å². The predicted octanol–water partition coefficient (Wildman–Crippen LogP) is 17.1. The highest BCUT2D eigenvalue weighted by Crippen LogP contribution is 2.53. The second kappa shape index (κ2) is 12.5. The Morgan fingerprint density at radius 3 is 1.58 bits per heavy atom. The third kappa shape index (κ3) is 4.67. The minimum Gasteiger partial charge on any atom is -0.135 e. The van der Waals surface area contributed by atoms with Crippen LogP contribution in [-0.4, -0.2) is 0 Å². The minimum absolute atomic E-state index is 0.113. The van der Waals surface area contributed by atoms with E-state index in [2.05, 4.69) is 208 Å². The molecule has 60 heavy (non-hydrogen) atoms. The average molecular weight is 779 g/mol. The Bertz CT molecular complexity index is 3740. The maximum atomic E-state index is 2.51. The van der Waals surface area contributed by atoms with Crippen LogP contribution in [0.25, 0.3) is 119 Å². The van der Waals surface area contributed by atoms with Crippen molar-refractivity contribution in [3.63, 3.8) is 0 Å². The summed E-state index contributed by atoms with van der Waals surface area (Å²) in [6, 6.07) is 73.1. The molecule has 1 aliphatic carbocycles. The number of rotatable bonds is 3. The van der Waals surface area contributed by atoms with Crippen molar-refractivity contribution in [2.45, 2.75) is 19.3 Å². The molecule has 13 rings (SSSR count). The molecule has 0 saturated carbocycles. The van der Waals surface area contributed by atoms with Crippen LogP contribution in [0.4, 0.5) is 0 Å². The van der Waals surface area contributed by atoms with E-state index in [0.717, 1.165) is 0 Å². The Kier molecular flexibility index (Phi) is 7.04. The molecule has 1 heteroatoms. The molecule has 0 atom stereocenters. The molecule has 0 amide bonds. The molecular formula is C59H38S. The number of hydrogen-bond donors (Lipinski definition) is 0. The summed E-state index contributed by atoms with van der Waals surface area (Å²) in [6.07, 6.45) is 0. The zero-order valence-electron chi connectivity index (χ0n) is 33.4. The second-order valence-corrected chi connectivity index (χ2v) is 18.2. The molecule has 11 aromatic carbocycles. The maximum Gasteiger partial charge on any atom is 0.0361 e. The van der Waals surface area contributed by atoms with Gasteiger partial charge in [-0.2, -0.15) is 0 Å². The van der Waals surface area contributed by atoms with Gasteiger partial charge in [-0.3, -0.25) is 0 Å². The fraction of sp³-hybridized carbons (Fsp3) is 0.0508. The van der Waals surface area contributed by atoms with Crippen LogP contribution in [0.2, 0.25) is 0 Å². The van der Waals surface area contributed by atoms with Gasteiger partial charge in [0.2, 0.25) is 0 Å². The third-order valence-corrected chi connectivity index (χ3v) is 14.8. The van der Waals surface area contributed by atoms with E-state index < -0.39 is 0 Å². The Morgan fingerprint density at radius 2 is 0.867 bits per heavy atom. The zero-order valence-corrected chi connectivity index (χ0v) is 34.2. The second-order valence-electron chi connectivity index (χ2n) is 17.1. The molecule has 280 valence electrons. The Morgan fingerprint density at radius 1 is 0.317 bits per heavy atom. The monoisotopic (exact) mass is 778 g/mol. The van der Waals surface area contributed by atoms with Crippen LogP contribution in [-0.2, 0) is 5.41 Å². The molecule has 1 aliphatic rings. The lowest BCUT2D eigenvalue weighted by molar-refractivity contribution is 0.661. The fourth-order valence-corrected chi connectivity index (χ4v) is 12.0. The van der Waals surface area contributed by atoms with Gasteiger partial charge in [-0.1, -0.05) is 178 Å². The van der Waals surface area contributed by atoms with Gasteiger partial charge in [0.15, 0.2) is 0 Å². The van der Waals surface area contributed by atoms with E-state index in [1.54, 1.807) is 0 Å². The molecule has 0 N–H and O–H groups in total. The van der Waals surface area contributed by atoms with Gasteiger partial charge in [-0.05, 0) is 140 Å². The van der Waals surface area contributed by atoms with Gasteiger partial charge >= 0.3 is 0 Å². The molecule has 12 aromatic rings. The van der Waals surface area contributed by atoms with E-state index in [4.69, 9.17) is 0 Å². The summed E-state index contributed by atoms with van der Waals surface area (Å²) < 4.78 is 2.71. The van der Waals surface area contributed by atoms with Crippen LogP contribution < -0.4 is 0 Å². The van der Waals surface area contributed by atoms with Crippen molar-refractivity contribution in [3.8, 4) is 44.5 Å². The first kappa shape index (κ1) is 33.9. The van der Waals surface area contributed by atoms with Crippen LogP contribution in [0.15, 0.2) is 194 Å². The fourth-order valence-electron chi connectivity index (χ4n) is 10.9. The molecule has 0 fully saturated rings. The SMILES string of the molecule is CC1(C)c2ccc(-c3ccc(-c4c5ccccc5c(-c5cccc6ccccc56)c5ccccc45)c4ccccc34)cc2-c2cc3ccc4sc5ccccc5c4c3cc21. The normalized spacial score (nSPS) is 13.3. The van der Waals surface area contributed by atoms with E-state index in [1.165, 1.54) is 130 Å². The molecule has 0 saturated heterocycles. The van der Waals surface area contributed by atoms with Crippen LogP contribution in [0, 0.1) is 0 Å². The third-order valence-electron chi connectivity index (χ3n) is 13.6. The van der Waals surface area contributed by atoms with E-state index in [-0.39, 0.29) is 5.41 Å². The smallest absolute Gasteiger partial charge is 0.0361 e. The van der Waals surface area contributed by atoms with Crippen molar-refractivity contribution in [2.75, 3.05) is 0 Å². The van der Waals surface area contributed by atoms with Crippen molar-refractivity contribution in [1.82, 2.24) is 0 Å². The Hall–Kier alpha value is -7.06. The van der Waals surface area contributed by atoms with Gasteiger partial charge in [-0.15, -0.1) is 11.3 Å². The number of benzene rings is 11. The predicted molar refractivity (Wildman–Crippen MR) is 261 cm³/mol. The molecule has 1 heterocycles. The molecule has 0 nitrogen and oxygen atoms in total. The van der Waals surface area contributed by atoms with Crippen molar-refractivity contribution >= 4 is 85.4 Å². The molecule has 0 spiro atoms. The lowest BCUT2D eigenvalue weighted by atomic mass is 9.81. The summed E-state index contributed by atoms with van der Waals surface area (Å²) in [5.41, 5.74) is 13.0. The standard InChI is InChI=1S/C59H38S/c1-59(2)52-30-26-36(32-50(52)51-33-37-27-31-55-58(49(37)34-53(51)59)48-23-11-12-25-54(48)60-55)39-28-29-47(41-18-6-5-17-40(39)41)57-45-21-9-7-19-43(45)56(44-20-8-10-22-46(44)57)42-24-13-15-35-14-3-4-16-38(35)42/h3-34H,1-2H3. The van der Waals surface area contributed by atoms with E-state index in [0.29, 0.717) is 0 Å². The van der Waals surface area contributed by atoms with Gasteiger partial charge < -0.3 is 0 Å². The molecular weight excluding hydrogens is 741 g/mol. The van der Waals surface area contributed by atoms with E-state index in [1.807, 2.05) is 11.3 Å². The minimum atomic E-state index is -0.113. The van der Waals surface area contributed by atoms with Crippen LogP contribution >= 0.6 is 11.3 Å². The molecule has 0 unspecified atom stereocenters. The molecule has 0 aliphatic heterocycles. The van der Waals surface area contributed by atoms with Crippen LogP contribution in [0.5, 0.6) is 0 Å². The highest BCUT2D eigenvalue weighted by molar-refractivity contribution is 7.26. The summed E-state index contributed by atoms with van der Waals surface area (Å²) in [5, 5.41) is 15.6. The molecule has 0 radical (unpaired) electrons. The summed E-state index contributed by atoms with van der Waals surface area (Å²) in [5.74, 6) is 0. The van der Waals surface area contributed by atoms with E-state index in [9.17, 15) is 0 Å². The summed E-state index contributed by atoms with van der Waals surface area (Å²) in [4.78, 5) is 0. The topological polar surface area (TPSA) is 0 Å². The molecule has 1 aromatic heterocycles. The van der Waals surface area contributed by atoms with Gasteiger partial charge in [-0.25, -0.2) is 0 Å². The molecule has 0 bridgehead atoms. The maximum absolute atomic E-state index is 2.51. The first-order valence-electron chi connectivity index (χ1n) is 21.0. The number of hydrogen-bond acceptors (Lipinski definition) is 1. The quantitative estimate of drug-likeness (QED) is 0.157. The summed E-state index contributed by atoms with van der Waals surface area (Å²) in [6.45, 7) is 4.80. The van der Waals surface area contributed by atoms with Crippen molar-refractivity contribution in [1.29, 1.82) is 0 Å². The van der Waals surface area contributed by atoms with E-state index >= 15 is 0 Å². The highest BCUT2D eigenvalue weighted by atomic mass is 32.1.